The topological polar surface area (TPSA) is 23.5 Å². The highest BCUT2D eigenvalue weighted by Crippen LogP contribution is 2.24. The first-order valence-electron chi connectivity index (χ1n) is 4.84. The summed E-state index contributed by atoms with van der Waals surface area (Å²) in [6, 6.07) is 10.7. The Balaban J connectivity index is 2.16. The summed E-state index contributed by atoms with van der Waals surface area (Å²) in [7, 11) is 0. The fourth-order valence-corrected chi connectivity index (χ4v) is 1.98. The molecule has 2 nitrogen and oxygen atoms in total. The third-order valence-electron chi connectivity index (χ3n) is 2.68. The molecule has 1 fully saturated rings. The average Bonchev–Trinajstić information content (AvgIpc) is 2.67. The van der Waals surface area contributed by atoms with Crippen molar-refractivity contribution in [3.63, 3.8) is 0 Å². The first-order valence-corrected chi connectivity index (χ1v) is 4.84. The van der Waals surface area contributed by atoms with Gasteiger partial charge in [-0.1, -0.05) is 18.2 Å². The van der Waals surface area contributed by atoms with Gasteiger partial charge in [-0.25, -0.2) is 0 Å². The molecule has 1 aliphatic heterocycles. The third kappa shape index (κ3) is 1.68. The molecule has 1 aliphatic rings. The quantitative estimate of drug-likeness (QED) is 0.742. The number of nitrogens with zero attached hydrogens (tertiary/aromatic N) is 1. The van der Waals surface area contributed by atoms with Crippen molar-refractivity contribution in [3.05, 3.63) is 30.3 Å². The molecule has 0 unspecified atom stereocenters. The van der Waals surface area contributed by atoms with E-state index in [1.165, 1.54) is 12.1 Å². The Morgan fingerprint density at radius 2 is 2.08 bits per heavy atom. The van der Waals surface area contributed by atoms with Gasteiger partial charge in [0, 0.05) is 12.2 Å². The van der Waals surface area contributed by atoms with E-state index in [2.05, 4.69) is 17.0 Å². The molecule has 0 aliphatic carbocycles. The zero-order valence-electron chi connectivity index (χ0n) is 7.69. The van der Waals surface area contributed by atoms with Crippen LogP contribution in [0.25, 0.3) is 0 Å². The van der Waals surface area contributed by atoms with Gasteiger partial charge in [0.2, 0.25) is 0 Å². The molecule has 0 radical (unpaired) electrons. The van der Waals surface area contributed by atoms with Gasteiger partial charge in [-0.2, -0.15) is 0 Å². The molecule has 1 atom stereocenters. The fourth-order valence-electron chi connectivity index (χ4n) is 1.98. The number of aliphatic hydroxyl groups excluding tert-OH is 1. The molecule has 2 rings (SSSR count). The van der Waals surface area contributed by atoms with Crippen LogP contribution >= 0.6 is 0 Å². The van der Waals surface area contributed by atoms with Crippen molar-refractivity contribution in [1.82, 2.24) is 0 Å². The van der Waals surface area contributed by atoms with Gasteiger partial charge in [0.15, 0.2) is 0 Å². The fraction of sp³-hybridized carbons (Fsp3) is 0.455. The van der Waals surface area contributed by atoms with E-state index in [1.54, 1.807) is 0 Å². The van der Waals surface area contributed by atoms with Gasteiger partial charge in [0.05, 0.1) is 12.6 Å². The standard InChI is InChI=1S/C11H15NO/c13-9-11-7-4-8-12(11)10-5-2-1-3-6-10/h1-3,5-6,11,13H,4,7-9H2/t11-/m0/s1. The van der Waals surface area contributed by atoms with Crippen molar-refractivity contribution in [2.24, 2.45) is 0 Å². The summed E-state index contributed by atoms with van der Waals surface area (Å²) >= 11 is 0. The van der Waals surface area contributed by atoms with Crippen molar-refractivity contribution in [3.8, 4) is 0 Å². The van der Waals surface area contributed by atoms with Crippen LogP contribution in [0.4, 0.5) is 5.69 Å². The van der Waals surface area contributed by atoms with Crippen LogP contribution in [0, 0.1) is 0 Å². The maximum atomic E-state index is 9.16. The van der Waals surface area contributed by atoms with Crippen LogP contribution in [0.3, 0.4) is 0 Å². The second-order valence-electron chi connectivity index (χ2n) is 3.51. The largest absolute Gasteiger partial charge is 0.394 e. The van der Waals surface area contributed by atoms with E-state index in [1.807, 2.05) is 18.2 Å². The highest BCUT2D eigenvalue weighted by atomic mass is 16.3. The molecule has 1 saturated heterocycles. The summed E-state index contributed by atoms with van der Waals surface area (Å²) < 4.78 is 0. The number of benzene rings is 1. The van der Waals surface area contributed by atoms with Crippen molar-refractivity contribution in [1.29, 1.82) is 0 Å². The average molecular weight is 177 g/mol. The third-order valence-corrected chi connectivity index (χ3v) is 2.68. The second kappa shape index (κ2) is 3.79. The van der Waals surface area contributed by atoms with E-state index >= 15 is 0 Å². The van der Waals surface area contributed by atoms with Gasteiger partial charge in [0.25, 0.3) is 0 Å². The van der Waals surface area contributed by atoms with Crippen LogP contribution in [-0.2, 0) is 0 Å². The molecular formula is C11H15NO. The highest BCUT2D eigenvalue weighted by molar-refractivity contribution is 5.47. The lowest BCUT2D eigenvalue weighted by Crippen LogP contribution is -2.31. The Morgan fingerprint density at radius 3 is 2.77 bits per heavy atom. The normalized spacial score (nSPS) is 22.2. The van der Waals surface area contributed by atoms with Crippen LogP contribution in [-0.4, -0.2) is 24.3 Å². The molecule has 0 bridgehead atoms. The SMILES string of the molecule is OC[C@@H]1CCCN1c1ccccc1. The van der Waals surface area contributed by atoms with Crippen molar-refractivity contribution >= 4 is 5.69 Å². The monoisotopic (exact) mass is 177 g/mol. The van der Waals surface area contributed by atoms with E-state index in [9.17, 15) is 0 Å². The molecule has 2 heteroatoms. The van der Waals surface area contributed by atoms with Crippen molar-refractivity contribution < 1.29 is 5.11 Å². The van der Waals surface area contributed by atoms with Crippen LogP contribution in [0.15, 0.2) is 30.3 Å². The van der Waals surface area contributed by atoms with Crippen LogP contribution in [0.5, 0.6) is 0 Å². The molecular weight excluding hydrogens is 162 g/mol. The zero-order chi connectivity index (χ0) is 9.10. The van der Waals surface area contributed by atoms with E-state index in [0.29, 0.717) is 6.04 Å². The van der Waals surface area contributed by atoms with Crippen molar-refractivity contribution in [2.75, 3.05) is 18.1 Å². The Kier molecular flexibility index (Phi) is 2.50. The van der Waals surface area contributed by atoms with Gasteiger partial charge in [-0.3, -0.25) is 0 Å². The van der Waals surface area contributed by atoms with E-state index in [4.69, 9.17) is 5.11 Å². The second-order valence-corrected chi connectivity index (χ2v) is 3.51. The Bertz CT molecular complexity index is 260. The molecule has 0 aromatic heterocycles. The number of aliphatic hydroxyl groups is 1. The first-order chi connectivity index (χ1) is 6.42. The van der Waals surface area contributed by atoms with E-state index in [-0.39, 0.29) is 6.61 Å². The van der Waals surface area contributed by atoms with Crippen LogP contribution in [0.1, 0.15) is 12.8 Å². The molecule has 1 aromatic carbocycles. The summed E-state index contributed by atoms with van der Waals surface area (Å²) in [5.41, 5.74) is 1.24. The number of para-hydroxylation sites is 1. The van der Waals surface area contributed by atoms with Gasteiger partial charge in [-0.05, 0) is 25.0 Å². The molecule has 1 aromatic rings. The first kappa shape index (κ1) is 8.57. The van der Waals surface area contributed by atoms with Gasteiger partial charge in [0.1, 0.15) is 0 Å². The lowest BCUT2D eigenvalue weighted by molar-refractivity contribution is 0.266. The van der Waals surface area contributed by atoms with Crippen LogP contribution in [0.2, 0.25) is 0 Å². The predicted molar refractivity (Wildman–Crippen MR) is 53.9 cm³/mol. The number of rotatable bonds is 2. The Hall–Kier alpha value is -1.02. The maximum absolute atomic E-state index is 9.16. The number of hydrogen-bond donors (Lipinski definition) is 1. The lowest BCUT2D eigenvalue weighted by atomic mass is 10.2. The van der Waals surface area contributed by atoms with Crippen LogP contribution < -0.4 is 4.90 Å². The Labute approximate surface area is 78.8 Å². The summed E-state index contributed by atoms with van der Waals surface area (Å²) in [5, 5.41) is 9.16. The molecule has 1 N–H and O–H groups in total. The minimum absolute atomic E-state index is 0.273. The minimum atomic E-state index is 0.273. The molecule has 70 valence electrons. The Morgan fingerprint density at radius 1 is 1.31 bits per heavy atom. The summed E-state index contributed by atoms with van der Waals surface area (Å²) in [4.78, 5) is 2.29. The predicted octanol–water partition coefficient (Wildman–Crippen LogP) is 1.65. The minimum Gasteiger partial charge on any atom is -0.394 e. The maximum Gasteiger partial charge on any atom is 0.0635 e. The summed E-state index contributed by atoms with van der Waals surface area (Å²) in [6.07, 6.45) is 2.31. The van der Waals surface area contributed by atoms with Gasteiger partial charge in [-0.15, -0.1) is 0 Å². The number of hydrogen-bond acceptors (Lipinski definition) is 2. The van der Waals surface area contributed by atoms with Gasteiger partial charge >= 0.3 is 0 Å². The molecule has 0 amide bonds. The van der Waals surface area contributed by atoms with Gasteiger partial charge < -0.3 is 10.0 Å². The molecule has 13 heavy (non-hydrogen) atoms. The zero-order valence-corrected chi connectivity index (χ0v) is 7.69. The van der Waals surface area contributed by atoms with Crippen molar-refractivity contribution in [2.45, 2.75) is 18.9 Å². The van der Waals surface area contributed by atoms with E-state index < -0.39 is 0 Å². The molecule has 1 heterocycles. The highest BCUT2D eigenvalue weighted by Gasteiger charge is 2.23. The number of anilines is 1. The smallest absolute Gasteiger partial charge is 0.0635 e. The summed E-state index contributed by atoms with van der Waals surface area (Å²) in [5.74, 6) is 0. The molecule has 0 spiro atoms. The van der Waals surface area contributed by atoms with E-state index in [0.717, 1.165) is 13.0 Å². The summed E-state index contributed by atoms with van der Waals surface area (Å²) in [6.45, 7) is 1.35. The molecule has 0 saturated carbocycles. The lowest BCUT2D eigenvalue weighted by Gasteiger charge is -2.24.